The number of carbonyl (C=O) groups is 2. The van der Waals surface area contributed by atoms with Crippen LogP contribution in [0.1, 0.15) is 22.8 Å². The summed E-state index contributed by atoms with van der Waals surface area (Å²) in [6, 6.07) is 12.2. The Morgan fingerprint density at radius 1 is 1.11 bits per heavy atom. The Balaban J connectivity index is 1.77. The smallest absolute Gasteiger partial charge is 0.276 e. The second-order valence-electron chi connectivity index (χ2n) is 5.64. The number of ether oxygens (including phenoxy) is 2. The molecule has 3 N–H and O–H groups in total. The number of amides is 2. The van der Waals surface area contributed by atoms with E-state index in [1.165, 1.54) is 0 Å². The quantitative estimate of drug-likeness (QED) is 0.448. The fraction of sp³-hybridized carbons (Fsp3) is 0.211. The maximum Gasteiger partial charge on any atom is 0.276 e. The van der Waals surface area contributed by atoms with Crippen molar-refractivity contribution in [3.8, 4) is 11.5 Å². The molecular formula is C19H20BrN3O4S. The van der Waals surface area contributed by atoms with Crippen molar-refractivity contribution in [1.29, 1.82) is 0 Å². The van der Waals surface area contributed by atoms with Gasteiger partial charge < -0.3 is 9.47 Å². The van der Waals surface area contributed by atoms with E-state index in [4.69, 9.17) is 21.7 Å². The van der Waals surface area contributed by atoms with E-state index in [9.17, 15) is 9.59 Å². The maximum absolute atomic E-state index is 12.2. The van der Waals surface area contributed by atoms with Gasteiger partial charge in [0.15, 0.2) is 11.7 Å². The highest BCUT2D eigenvalue weighted by molar-refractivity contribution is 9.10. The molecule has 2 amide bonds. The van der Waals surface area contributed by atoms with Crippen molar-refractivity contribution in [3.05, 3.63) is 58.1 Å². The Bertz CT molecular complexity index is 876. The van der Waals surface area contributed by atoms with Crippen molar-refractivity contribution in [1.82, 2.24) is 16.2 Å². The van der Waals surface area contributed by atoms with Gasteiger partial charge in [0.1, 0.15) is 11.5 Å². The van der Waals surface area contributed by atoms with E-state index >= 15 is 0 Å². The third-order valence-electron chi connectivity index (χ3n) is 3.40. The zero-order valence-electron chi connectivity index (χ0n) is 15.4. The average Bonchev–Trinajstić information content (AvgIpc) is 2.66. The third-order valence-corrected chi connectivity index (χ3v) is 4.22. The topological polar surface area (TPSA) is 88.7 Å². The van der Waals surface area contributed by atoms with Crippen LogP contribution in [0.15, 0.2) is 46.9 Å². The normalized spacial score (nSPS) is 9.96. The molecule has 7 nitrogen and oxygen atoms in total. The summed E-state index contributed by atoms with van der Waals surface area (Å²) in [7, 11) is 0. The molecule has 0 heterocycles. The number of thiocarbonyl (C=S) groups is 1. The lowest BCUT2D eigenvalue weighted by atomic mass is 10.2. The average molecular weight is 466 g/mol. The van der Waals surface area contributed by atoms with Crippen LogP contribution in [0.5, 0.6) is 11.5 Å². The monoisotopic (exact) mass is 465 g/mol. The van der Waals surface area contributed by atoms with Gasteiger partial charge in [-0.15, -0.1) is 0 Å². The highest BCUT2D eigenvalue weighted by Gasteiger charge is 2.10. The Kier molecular flexibility index (Phi) is 8.21. The summed E-state index contributed by atoms with van der Waals surface area (Å²) in [5.74, 6) is 0.253. The second kappa shape index (κ2) is 10.6. The number of hydrogen-bond acceptors (Lipinski definition) is 5. The SMILES string of the molecule is CCOc1cccc(C(=O)NC(=S)NNC(=O)COc2ccc(C)cc2Br)c1. The Morgan fingerprint density at radius 3 is 2.61 bits per heavy atom. The number of hydrogen-bond donors (Lipinski definition) is 3. The number of nitrogens with one attached hydrogen (secondary N) is 3. The Hall–Kier alpha value is -2.65. The minimum absolute atomic E-state index is 0.0447. The first-order valence-electron chi connectivity index (χ1n) is 8.41. The van der Waals surface area contributed by atoms with Gasteiger partial charge in [0, 0.05) is 5.56 Å². The van der Waals surface area contributed by atoms with Crippen molar-refractivity contribution >= 4 is 45.1 Å². The summed E-state index contributed by atoms with van der Waals surface area (Å²) >= 11 is 8.38. The van der Waals surface area contributed by atoms with E-state index in [0.29, 0.717) is 23.7 Å². The fourth-order valence-electron chi connectivity index (χ4n) is 2.13. The van der Waals surface area contributed by atoms with Crippen LogP contribution < -0.4 is 25.6 Å². The van der Waals surface area contributed by atoms with E-state index in [2.05, 4.69) is 32.1 Å². The minimum Gasteiger partial charge on any atom is -0.494 e. The van der Waals surface area contributed by atoms with Gasteiger partial charge in [0.25, 0.3) is 11.8 Å². The Morgan fingerprint density at radius 2 is 1.89 bits per heavy atom. The molecule has 2 aromatic carbocycles. The molecular weight excluding hydrogens is 446 g/mol. The lowest BCUT2D eigenvalue weighted by Crippen LogP contribution is -2.49. The molecule has 0 unspecified atom stereocenters. The molecule has 0 spiro atoms. The van der Waals surface area contributed by atoms with Crippen LogP contribution in [0.25, 0.3) is 0 Å². The molecule has 0 saturated heterocycles. The minimum atomic E-state index is -0.456. The number of carbonyl (C=O) groups excluding carboxylic acids is 2. The largest absolute Gasteiger partial charge is 0.494 e. The molecule has 0 saturated carbocycles. The number of benzene rings is 2. The van der Waals surface area contributed by atoms with Gasteiger partial charge in [-0.3, -0.25) is 25.8 Å². The molecule has 0 aliphatic rings. The highest BCUT2D eigenvalue weighted by Crippen LogP contribution is 2.25. The van der Waals surface area contributed by atoms with Crippen molar-refractivity contribution in [3.63, 3.8) is 0 Å². The van der Waals surface area contributed by atoms with E-state index in [1.54, 1.807) is 30.3 Å². The number of aryl methyl sites for hydroxylation is 1. The summed E-state index contributed by atoms with van der Waals surface area (Å²) in [6.07, 6.45) is 0. The first-order valence-corrected chi connectivity index (χ1v) is 9.61. The van der Waals surface area contributed by atoms with E-state index in [0.717, 1.165) is 10.0 Å². The van der Waals surface area contributed by atoms with Crippen molar-refractivity contribution in [2.45, 2.75) is 13.8 Å². The van der Waals surface area contributed by atoms with Gasteiger partial charge in [0.2, 0.25) is 0 Å². The molecule has 0 bridgehead atoms. The van der Waals surface area contributed by atoms with Crippen molar-refractivity contribution < 1.29 is 19.1 Å². The van der Waals surface area contributed by atoms with Gasteiger partial charge in [0.05, 0.1) is 11.1 Å². The molecule has 148 valence electrons. The van der Waals surface area contributed by atoms with Gasteiger partial charge in [-0.05, 0) is 77.9 Å². The molecule has 0 aliphatic carbocycles. The van der Waals surface area contributed by atoms with Crippen LogP contribution in [0.3, 0.4) is 0 Å². The third kappa shape index (κ3) is 6.82. The number of hydrazine groups is 1. The summed E-state index contributed by atoms with van der Waals surface area (Å²) in [4.78, 5) is 24.1. The fourth-order valence-corrected chi connectivity index (χ4v) is 2.88. The van der Waals surface area contributed by atoms with E-state index < -0.39 is 11.8 Å². The van der Waals surface area contributed by atoms with Crippen LogP contribution in [-0.4, -0.2) is 30.1 Å². The van der Waals surface area contributed by atoms with Gasteiger partial charge >= 0.3 is 0 Å². The molecule has 2 aromatic rings. The number of halogens is 1. The van der Waals surface area contributed by atoms with Crippen LogP contribution in [0.2, 0.25) is 0 Å². The lowest BCUT2D eigenvalue weighted by Gasteiger charge is -2.12. The van der Waals surface area contributed by atoms with Crippen molar-refractivity contribution in [2.75, 3.05) is 13.2 Å². The molecule has 0 aliphatic heterocycles. The van der Waals surface area contributed by atoms with Gasteiger partial charge in [-0.1, -0.05) is 12.1 Å². The lowest BCUT2D eigenvalue weighted by molar-refractivity contribution is -0.123. The first kappa shape index (κ1) is 21.6. The molecule has 0 fully saturated rings. The predicted molar refractivity (Wildman–Crippen MR) is 113 cm³/mol. The first-order chi connectivity index (χ1) is 13.4. The molecule has 2 rings (SSSR count). The Labute approximate surface area is 176 Å². The van der Waals surface area contributed by atoms with Gasteiger partial charge in [-0.25, -0.2) is 0 Å². The van der Waals surface area contributed by atoms with Crippen LogP contribution in [0, 0.1) is 6.92 Å². The summed E-state index contributed by atoms with van der Waals surface area (Å²) in [5, 5.41) is 2.43. The van der Waals surface area contributed by atoms with Crippen LogP contribution in [-0.2, 0) is 4.79 Å². The van der Waals surface area contributed by atoms with E-state index in [1.807, 2.05) is 26.0 Å². The predicted octanol–water partition coefficient (Wildman–Crippen LogP) is 2.87. The second-order valence-corrected chi connectivity index (χ2v) is 6.90. The van der Waals surface area contributed by atoms with Crippen LogP contribution >= 0.6 is 28.1 Å². The summed E-state index contributed by atoms with van der Waals surface area (Å²) in [5.41, 5.74) is 6.27. The molecule has 9 heteroatoms. The maximum atomic E-state index is 12.2. The van der Waals surface area contributed by atoms with Crippen molar-refractivity contribution in [2.24, 2.45) is 0 Å². The van der Waals surface area contributed by atoms with Gasteiger partial charge in [-0.2, -0.15) is 0 Å². The highest BCUT2D eigenvalue weighted by atomic mass is 79.9. The number of rotatable bonds is 6. The molecule has 0 aromatic heterocycles. The molecule has 0 atom stereocenters. The zero-order valence-corrected chi connectivity index (χ0v) is 17.8. The van der Waals surface area contributed by atoms with E-state index in [-0.39, 0.29) is 11.7 Å². The standard InChI is InChI=1S/C19H20BrN3O4S/c1-3-26-14-6-4-5-13(10-14)18(25)21-19(28)23-22-17(24)11-27-16-8-7-12(2)9-15(16)20/h4-10H,3,11H2,1-2H3,(H,22,24)(H2,21,23,25,28). The summed E-state index contributed by atoms with van der Waals surface area (Å²) < 4.78 is 11.5. The zero-order chi connectivity index (χ0) is 20.5. The molecule has 28 heavy (non-hydrogen) atoms. The molecule has 0 radical (unpaired) electrons. The van der Waals surface area contributed by atoms with Crippen LogP contribution in [0.4, 0.5) is 0 Å². The summed E-state index contributed by atoms with van der Waals surface area (Å²) in [6.45, 7) is 4.09.